The lowest BCUT2D eigenvalue weighted by Gasteiger charge is -2.32. The molecule has 7 heteroatoms. The Balaban J connectivity index is 1.86. The third-order valence-corrected chi connectivity index (χ3v) is 4.49. The highest BCUT2D eigenvalue weighted by Gasteiger charge is 2.29. The molecule has 2 heterocycles. The number of hydrogen-bond acceptors (Lipinski definition) is 4. The Bertz CT molecular complexity index is 521. The van der Waals surface area contributed by atoms with Gasteiger partial charge < -0.3 is 15.3 Å². The van der Waals surface area contributed by atoms with E-state index < -0.39 is 12.0 Å². The van der Waals surface area contributed by atoms with Crippen molar-refractivity contribution in [1.29, 1.82) is 0 Å². The molecule has 0 aromatic carbocycles. The Morgan fingerprint density at radius 1 is 1.38 bits per heavy atom. The van der Waals surface area contributed by atoms with Crippen molar-refractivity contribution in [3.8, 4) is 0 Å². The third kappa shape index (κ3) is 3.81. The summed E-state index contributed by atoms with van der Waals surface area (Å²) in [5.74, 6) is -1.60. The van der Waals surface area contributed by atoms with Crippen molar-refractivity contribution in [3.63, 3.8) is 0 Å². The molecule has 0 bridgehead atoms. The summed E-state index contributed by atoms with van der Waals surface area (Å²) in [7, 11) is 0. The minimum atomic E-state index is -0.804. The zero-order chi connectivity index (χ0) is 15.4. The molecule has 1 fully saturated rings. The standard InChI is InChI=1S/C14H18N2O4S/c1-9(15-12(17)11-3-2-8-21-11)13(18)16-6-4-10(5-7-16)14(19)20/h2-3,8-10H,4-7H2,1H3,(H,15,17)(H,19,20). The molecular formula is C14H18N2O4S. The van der Waals surface area contributed by atoms with E-state index in [9.17, 15) is 14.4 Å². The van der Waals surface area contributed by atoms with Crippen molar-refractivity contribution in [1.82, 2.24) is 10.2 Å². The van der Waals surface area contributed by atoms with Crippen molar-refractivity contribution in [2.24, 2.45) is 5.92 Å². The Labute approximate surface area is 126 Å². The number of nitrogens with zero attached hydrogens (tertiary/aromatic N) is 1. The normalized spacial score (nSPS) is 17.3. The predicted molar refractivity (Wildman–Crippen MR) is 78.2 cm³/mol. The summed E-state index contributed by atoms with van der Waals surface area (Å²) >= 11 is 1.32. The van der Waals surface area contributed by atoms with Crippen LogP contribution >= 0.6 is 11.3 Å². The topological polar surface area (TPSA) is 86.7 Å². The zero-order valence-corrected chi connectivity index (χ0v) is 12.6. The first-order valence-corrected chi connectivity index (χ1v) is 7.73. The first-order valence-electron chi connectivity index (χ1n) is 6.85. The van der Waals surface area contributed by atoms with Crippen molar-refractivity contribution in [2.45, 2.75) is 25.8 Å². The predicted octanol–water partition coefficient (Wildman–Crippen LogP) is 1.19. The summed E-state index contributed by atoms with van der Waals surface area (Å²) in [6.07, 6.45) is 0.930. The number of amides is 2. The van der Waals surface area contributed by atoms with Gasteiger partial charge >= 0.3 is 5.97 Å². The summed E-state index contributed by atoms with van der Waals surface area (Å²) in [6, 6.07) is 2.87. The van der Waals surface area contributed by atoms with Crippen molar-refractivity contribution in [3.05, 3.63) is 22.4 Å². The van der Waals surface area contributed by atoms with E-state index in [1.807, 2.05) is 0 Å². The Morgan fingerprint density at radius 3 is 2.57 bits per heavy atom. The largest absolute Gasteiger partial charge is 0.481 e. The summed E-state index contributed by atoms with van der Waals surface area (Å²) in [6.45, 7) is 2.50. The lowest BCUT2D eigenvalue weighted by Crippen LogP contribution is -2.49. The lowest BCUT2D eigenvalue weighted by molar-refractivity contribution is -0.146. The zero-order valence-electron chi connectivity index (χ0n) is 11.7. The summed E-state index contributed by atoms with van der Waals surface area (Å²) in [4.78, 5) is 37.2. The number of piperidine rings is 1. The number of aliphatic carboxylic acids is 1. The second-order valence-electron chi connectivity index (χ2n) is 5.11. The number of rotatable bonds is 4. The van der Waals surface area contributed by atoms with Gasteiger partial charge in [-0.3, -0.25) is 14.4 Å². The molecule has 2 N–H and O–H groups in total. The van der Waals surface area contributed by atoms with Gasteiger partial charge in [0.25, 0.3) is 5.91 Å². The van der Waals surface area contributed by atoms with Crippen molar-refractivity contribution >= 4 is 29.1 Å². The number of likely N-dealkylation sites (tertiary alicyclic amines) is 1. The van der Waals surface area contributed by atoms with E-state index in [1.54, 1.807) is 29.3 Å². The van der Waals surface area contributed by atoms with Gasteiger partial charge in [-0.25, -0.2) is 0 Å². The quantitative estimate of drug-likeness (QED) is 0.874. The monoisotopic (exact) mass is 310 g/mol. The lowest BCUT2D eigenvalue weighted by atomic mass is 9.97. The number of carbonyl (C=O) groups excluding carboxylic acids is 2. The summed E-state index contributed by atoms with van der Waals surface area (Å²) in [5, 5.41) is 13.4. The van der Waals surface area contributed by atoms with Crippen LogP contribution in [-0.2, 0) is 9.59 Å². The van der Waals surface area contributed by atoms with E-state index in [4.69, 9.17) is 5.11 Å². The Hall–Kier alpha value is -1.89. The van der Waals surface area contributed by atoms with Gasteiger partial charge in [-0.05, 0) is 31.2 Å². The number of hydrogen-bond donors (Lipinski definition) is 2. The van der Waals surface area contributed by atoms with E-state index >= 15 is 0 Å². The molecular weight excluding hydrogens is 292 g/mol. The first-order chi connectivity index (χ1) is 9.99. The van der Waals surface area contributed by atoms with Crippen LogP contribution in [-0.4, -0.2) is 46.9 Å². The first kappa shape index (κ1) is 15.5. The summed E-state index contributed by atoms with van der Waals surface area (Å²) < 4.78 is 0. The fourth-order valence-corrected chi connectivity index (χ4v) is 2.98. The molecule has 1 saturated heterocycles. The molecule has 6 nitrogen and oxygen atoms in total. The number of carbonyl (C=O) groups is 3. The molecule has 0 saturated carbocycles. The summed E-state index contributed by atoms with van der Waals surface area (Å²) in [5.41, 5.74) is 0. The van der Waals surface area contributed by atoms with Crippen LogP contribution in [0.5, 0.6) is 0 Å². The third-order valence-electron chi connectivity index (χ3n) is 3.62. The molecule has 21 heavy (non-hydrogen) atoms. The van der Waals surface area contributed by atoms with E-state index in [1.165, 1.54) is 11.3 Å². The Morgan fingerprint density at radius 2 is 2.05 bits per heavy atom. The number of thiophene rings is 1. The molecule has 1 atom stereocenters. The maximum atomic E-state index is 12.2. The van der Waals surface area contributed by atoms with Gasteiger partial charge in [0.1, 0.15) is 6.04 Å². The highest BCUT2D eigenvalue weighted by Crippen LogP contribution is 2.18. The smallest absolute Gasteiger partial charge is 0.306 e. The van der Waals surface area contributed by atoms with Gasteiger partial charge in [0.15, 0.2) is 0 Å². The molecule has 0 radical (unpaired) electrons. The second-order valence-corrected chi connectivity index (χ2v) is 6.06. The van der Waals surface area contributed by atoms with Crippen LogP contribution in [0.2, 0.25) is 0 Å². The average Bonchev–Trinajstić information content (AvgIpc) is 3.00. The molecule has 2 amide bonds. The van der Waals surface area contributed by atoms with Crippen LogP contribution in [0.15, 0.2) is 17.5 Å². The minimum absolute atomic E-state index is 0.163. The second kappa shape index (κ2) is 6.71. The van der Waals surface area contributed by atoms with E-state index in [-0.39, 0.29) is 17.7 Å². The fraction of sp³-hybridized carbons (Fsp3) is 0.500. The van der Waals surface area contributed by atoms with Gasteiger partial charge in [0.2, 0.25) is 5.91 Å². The molecule has 1 unspecified atom stereocenters. The molecule has 1 aliphatic rings. The number of carboxylic acid groups (broad SMARTS) is 1. The minimum Gasteiger partial charge on any atom is -0.481 e. The molecule has 0 spiro atoms. The number of carboxylic acids is 1. The maximum Gasteiger partial charge on any atom is 0.306 e. The van der Waals surface area contributed by atoms with Gasteiger partial charge in [-0.2, -0.15) is 0 Å². The van der Waals surface area contributed by atoms with Crippen LogP contribution in [0.1, 0.15) is 29.4 Å². The van der Waals surface area contributed by atoms with Gasteiger partial charge in [0, 0.05) is 13.1 Å². The molecule has 1 aromatic rings. The van der Waals surface area contributed by atoms with Crippen molar-refractivity contribution in [2.75, 3.05) is 13.1 Å². The van der Waals surface area contributed by atoms with Crippen LogP contribution < -0.4 is 5.32 Å². The molecule has 114 valence electrons. The Kier molecular flexibility index (Phi) is 4.95. The van der Waals surface area contributed by atoms with Crippen LogP contribution in [0.4, 0.5) is 0 Å². The molecule has 0 aliphatic carbocycles. The SMILES string of the molecule is CC(NC(=O)c1cccs1)C(=O)N1CCC(C(=O)O)CC1. The van der Waals surface area contributed by atoms with Crippen LogP contribution in [0, 0.1) is 5.92 Å². The van der Waals surface area contributed by atoms with Gasteiger partial charge in [-0.15, -0.1) is 11.3 Å². The molecule has 1 aliphatic heterocycles. The van der Waals surface area contributed by atoms with Crippen molar-refractivity contribution < 1.29 is 19.5 Å². The van der Waals surface area contributed by atoms with E-state index in [0.29, 0.717) is 30.8 Å². The van der Waals surface area contributed by atoms with Crippen LogP contribution in [0.3, 0.4) is 0 Å². The van der Waals surface area contributed by atoms with E-state index in [0.717, 1.165) is 0 Å². The fourth-order valence-electron chi connectivity index (χ4n) is 2.36. The average molecular weight is 310 g/mol. The van der Waals surface area contributed by atoms with Crippen LogP contribution in [0.25, 0.3) is 0 Å². The highest BCUT2D eigenvalue weighted by atomic mass is 32.1. The number of nitrogens with one attached hydrogen (secondary N) is 1. The van der Waals surface area contributed by atoms with Gasteiger partial charge in [0.05, 0.1) is 10.8 Å². The highest BCUT2D eigenvalue weighted by molar-refractivity contribution is 7.12. The molecule has 1 aromatic heterocycles. The molecule has 2 rings (SSSR count). The van der Waals surface area contributed by atoms with E-state index in [2.05, 4.69) is 5.32 Å². The maximum absolute atomic E-state index is 12.2. The van der Waals surface area contributed by atoms with Gasteiger partial charge in [-0.1, -0.05) is 6.07 Å².